The SMILES string of the molecule is COc1cccc(S(=O)(=O)N2CCc3ncncc3C2)c1. The number of sulfonamides is 1. The standard InChI is InChI=1S/C14H15N3O3S/c1-20-12-3-2-4-13(7-12)21(18,19)17-6-5-14-11(9-17)8-15-10-16-14/h2-4,7-8,10H,5-6,9H2,1H3. The number of methoxy groups -OCH3 is 1. The molecule has 0 fully saturated rings. The van der Waals surface area contributed by atoms with Crippen molar-refractivity contribution in [1.82, 2.24) is 14.3 Å². The predicted octanol–water partition coefficient (Wildman–Crippen LogP) is 1.23. The number of ether oxygens (including phenoxy) is 1. The van der Waals surface area contributed by atoms with Gasteiger partial charge in [-0.25, -0.2) is 18.4 Å². The maximum absolute atomic E-state index is 12.7. The van der Waals surface area contributed by atoms with Crippen molar-refractivity contribution in [2.24, 2.45) is 0 Å². The molecule has 21 heavy (non-hydrogen) atoms. The first-order valence-corrected chi connectivity index (χ1v) is 7.97. The van der Waals surface area contributed by atoms with E-state index in [-0.39, 0.29) is 4.90 Å². The van der Waals surface area contributed by atoms with Gasteiger partial charge < -0.3 is 4.74 Å². The van der Waals surface area contributed by atoms with Gasteiger partial charge in [0, 0.05) is 43.0 Å². The zero-order valence-electron chi connectivity index (χ0n) is 11.6. The van der Waals surface area contributed by atoms with E-state index in [0.717, 1.165) is 11.3 Å². The molecule has 0 radical (unpaired) electrons. The maximum atomic E-state index is 12.7. The normalized spacial score (nSPS) is 15.5. The van der Waals surface area contributed by atoms with Crippen molar-refractivity contribution in [3.05, 3.63) is 48.0 Å². The molecule has 0 saturated carbocycles. The highest BCUT2D eigenvalue weighted by atomic mass is 32.2. The summed E-state index contributed by atoms with van der Waals surface area (Å²) in [4.78, 5) is 8.38. The van der Waals surface area contributed by atoms with Crippen LogP contribution in [0.4, 0.5) is 0 Å². The zero-order valence-corrected chi connectivity index (χ0v) is 12.4. The van der Waals surface area contributed by atoms with E-state index in [1.165, 1.54) is 23.8 Å². The first-order chi connectivity index (χ1) is 10.1. The maximum Gasteiger partial charge on any atom is 0.243 e. The van der Waals surface area contributed by atoms with Crippen molar-refractivity contribution in [2.45, 2.75) is 17.9 Å². The molecule has 0 unspecified atom stereocenters. The average Bonchev–Trinajstić information content (AvgIpc) is 2.54. The Morgan fingerprint density at radius 1 is 1.33 bits per heavy atom. The molecular weight excluding hydrogens is 290 g/mol. The molecule has 1 aliphatic heterocycles. The first-order valence-electron chi connectivity index (χ1n) is 6.53. The second kappa shape index (κ2) is 5.42. The lowest BCUT2D eigenvalue weighted by Crippen LogP contribution is -2.36. The Hall–Kier alpha value is -1.99. The third-order valence-corrected chi connectivity index (χ3v) is 5.35. The third-order valence-electron chi connectivity index (χ3n) is 3.50. The molecule has 0 saturated heterocycles. The fourth-order valence-corrected chi connectivity index (χ4v) is 3.81. The van der Waals surface area contributed by atoms with Gasteiger partial charge >= 0.3 is 0 Å². The van der Waals surface area contributed by atoms with Gasteiger partial charge in [0.2, 0.25) is 10.0 Å². The molecule has 0 spiro atoms. The Morgan fingerprint density at radius 3 is 3.00 bits per heavy atom. The number of hydrogen-bond acceptors (Lipinski definition) is 5. The Labute approximate surface area is 123 Å². The van der Waals surface area contributed by atoms with E-state index in [1.807, 2.05) is 0 Å². The molecule has 1 aliphatic rings. The Bertz CT molecular complexity index is 762. The van der Waals surface area contributed by atoms with E-state index >= 15 is 0 Å². The second-order valence-corrected chi connectivity index (χ2v) is 6.70. The van der Waals surface area contributed by atoms with Gasteiger partial charge in [0.05, 0.1) is 12.0 Å². The topological polar surface area (TPSA) is 72.4 Å². The van der Waals surface area contributed by atoms with Crippen LogP contribution in [0, 0.1) is 0 Å². The molecule has 2 heterocycles. The van der Waals surface area contributed by atoms with Gasteiger partial charge in [-0.1, -0.05) is 6.07 Å². The monoisotopic (exact) mass is 305 g/mol. The van der Waals surface area contributed by atoms with Gasteiger partial charge in [-0.2, -0.15) is 4.31 Å². The molecule has 1 aromatic carbocycles. The van der Waals surface area contributed by atoms with Crippen molar-refractivity contribution in [3.8, 4) is 5.75 Å². The quantitative estimate of drug-likeness (QED) is 0.853. The summed E-state index contributed by atoms with van der Waals surface area (Å²) in [5, 5.41) is 0. The fraction of sp³-hybridized carbons (Fsp3) is 0.286. The summed E-state index contributed by atoms with van der Waals surface area (Å²) < 4.78 is 31.9. The summed E-state index contributed by atoms with van der Waals surface area (Å²) in [5.41, 5.74) is 1.78. The minimum atomic E-state index is -3.54. The van der Waals surface area contributed by atoms with E-state index in [9.17, 15) is 8.42 Å². The van der Waals surface area contributed by atoms with Crippen LogP contribution in [0.15, 0.2) is 41.7 Å². The van der Waals surface area contributed by atoms with Gasteiger partial charge in [0.1, 0.15) is 12.1 Å². The number of nitrogens with zero attached hydrogens (tertiary/aromatic N) is 3. The molecule has 0 bridgehead atoms. The predicted molar refractivity (Wildman–Crippen MR) is 76.3 cm³/mol. The van der Waals surface area contributed by atoms with Crippen molar-refractivity contribution in [3.63, 3.8) is 0 Å². The molecule has 0 aliphatic carbocycles. The lowest BCUT2D eigenvalue weighted by molar-refractivity contribution is 0.385. The summed E-state index contributed by atoms with van der Waals surface area (Å²) in [6.07, 6.45) is 3.77. The Morgan fingerprint density at radius 2 is 2.19 bits per heavy atom. The van der Waals surface area contributed by atoms with Crippen molar-refractivity contribution in [2.75, 3.05) is 13.7 Å². The van der Waals surface area contributed by atoms with Gasteiger partial charge in [-0.3, -0.25) is 0 Å². The van der Waals surface area contributed by atoms with Crippen LogP contribution in [0.2, 0.25) is 0 Å². The second-order valence-electron chi connectivity index (χ2n) is 4.76. The molecule has 7 heteroatoms. The number of hydrogen-bond donors (Lipinski definition) is 0. The van der Waals surface area contributed by atoms with Crippen LogP contribution in [0.5, 0.6) is 5.75 Å². The van der Waals surface area contributed by atoms with Gasteiger partial charge in [0.25, 0.3) is 0 Å². The largest absolute Gasteiger partial charge is 0.497 e. The molecule has 2 aromatic rings. The van der Waals surface area contributed by atoms with E-state index in [0.29, 0.717) is 25.3 Å². The lowest BCUT2D eigenvalue weighted by Gasteiger charge is -2.27. The molecular formula is C14H15N3O3S. The average molecular weight is 305 g/mol. The van der Waals surface area contributed by atoms with Crippen LogP contribution >= 0.6 is 0 Å². The smallest absolute Gasteiger partial charge is 0.243 e. The number of benzene rings is 1. The van der Waals surface area contributed by atoms with Gasteiger partial charge in [-0.05, 0) is 12.1 Å². The number of fused-ring (bicyclic) bond motifs is 1. The van der Waals surface area contributed by atoms with Crippen LogP contribution in [-0.2, 0) is 23.0 Å². The van der Waals surface area contributed by atoms with Crippen LogP contribution in [0.3, 0.4) is 0 Å². The van der Waals surface area contributed by atoms with Gasteiger partial charge in [-0.15, -0.1) is 0 Å². The van der Waals surface area contributed by atoms with E-state index in [4.69, 9.17) is 4.74 Å². The molecule has 0 atom stereocenters. The van der Waals surface area contributed by atoms with Crippen molar-refractivity contribution in [1.29, 1.82) is 0 Å². The third kappa shape index (κ3) is 2.62. The zero-order chi connectivity index (χ0) is 14.9. The van der Waals surface area contributed by atoms with Gasteiger partial charge in [0.15, 0.2) is 0 Å². The highest BCUT2D eigenvalue weighted by Crippen LogP contribution is 2.25. The molecule has 0 amide bonds. The lowest BCUT2D eigenvalue weighted by atomic mass is 10.1. The van der Waals surface area contributed by atoms with Crippen LogP contribution in [0.1, 0.15) is 11.3 Å². The van der Waals surface area contributed by atoms with Crippen LogP contribution < -0.4 is 4.74 Å². The van der Waals surface area contributed by atoms with Crippen LogP contribution in [0.25, 0.3) is 0 Å². The van der Waals surface area contributed by atoms with E-state index < -0.39 is 10.0 Å². The highest BCUT2D eigenvalue weighted by molar-refractivity contribution is 7.89. The summed E-state index contributed by atoms with van der Waals surface area (Å²) >= 11 is 0. The minimum absolute atomic E-state index is 0.238. The summed E-state index contributed by atoms with van der Waals surface area (Å²) in [6.45, 7) is 0.722. The Balaban J connectivity index is 1.93. The van der Waals surface area contributed by atoms with Crippen molar-refractivity contribution >= 4 is 10.0 Å². The number of rotatable bonds is 3. The molecule has 0 N–H and O–H groups in total. The minimum Gasteiger partial charge on any atom is -0.497 e. The summed E-state index contributed by atoms with van der Waals surface area (Å²) in [6, 6.07) is 6.51. The van der Waals surface area contributed by atoms with Crippen LogP contribution in [-0.4, -0.2) is 36.3 Å². The summed E-state index contributed by atoms with van der Waals surface area (Å²) in [5.74, 6) is 0.525. The van der Waals surface area contributed by atoms with E-state index in [1.54, 1.807) is 24.4 Å². The van der Waals surface area contributed by atoms with Crippen molar-refractivity contribution < 1.29 is 13.2 Å². The number of aromatic nitrogens is 2. The summed E-state index contributed by atoms with van der Waals surface area (Å²) in [7, 11) is -2.03. The molecule has 6 nitrogen and oxygen atoms in total. The first kappa shape index (κ1) is 14.0. The Kier molecular flexibility index (Phi) is 3.60. The molecule has 110 valence electrons. The highest BCUT2D eigenvalue weighted by Gasteiger charge is 2.29. The molecule has 1 aromatic heterocycles. The fourth-order valence-electron chi connectivity index (χ4n) is 2.36. The van der Waals surface area contributed by atoms with E-state index in [2.05, 4.69) is 9.97 Å². The molecule has 3 rings (SSSR count).